The Morgan fingerprint density at radius 3 is 2.00 bits per heavy atom. The number of carboxylic acids is 1. The van der Waals surface area contributed by atoms with E-state index in [2.05, 4.69) is 5.32 Å². The first-order valence-corrected chi connectivity index (χ1v) is 7.69. The molecule has 1 atom stereocenters. The van der Waals surface area contributed by atoms with Crippen LogP contribution in [0.1, 0.15) is 62.9 Å². The lowest BCUT2D eigenvalue weighted by Crippen LogP contribution is -2.43. The van der Waals surface area contributed by atoms with E-state index in [1.165, 1.54) is 0 Å². The Bertz CT molecular complexity index is 582. The summed E-state index contributed by atoms with van der Waals surface area (Å²) < 4.78 is 0. The van der Waals surface area contributed by atoms with Crippen molar-refractivity contribution in [3.63, 3.8) is 0 Å². The van der Waals surface area contributed by atoms with E-state index in [0.29, 0.717) is 11.5 Å². The molecule has 126 valence electrons. The van der Waals surface area contributed by atoms with Gasteiger partial charge in [0.05, 0.1) is 0 Å². The number of carboxylic acid groups (broad SMARTS) is 1. The Kier molecular flexibility index (Phi) is 6.07. The maximum atomic E-state index is 12.2. The van der Waals surface area contributed by atoms with Crippen molar-refractivity contribution in [1.29, 1.82) is 0 Å². The number of hydrogen-bond donors (Lipinski definition) is 2. The van der Waals surface area contributed by atoms with Gasteiger partial charge in [0.25, 0.3) is 5.91 Å². The molecule has 0 aliphatic heterocycles. The van der Waals surface area contributed by atoms with Crippen LogP contribution in [0.2, 0.25) is 0 Å². The van der Waals surface area contributed by atoms with E-state index < -0.39 is 23.3 Å². The maximum Gasteiger partial charge on any atom is 0.326 e. The third-order valence-corrected chi connectivity index (χ3v) is 3.67. The van der Waals surface area contributed by atoms with Gasteiger partial charge in [0.15, 0.2) is 0 Å². The Morgan fingerprint density at radius 2 is 1.61 bits per heavy atom. The average Bonchev–Trinajstić information content (AvgIpc) is 2.45. The van der Waals surface area contributed by atoms with Crippen LogP contribution in [0, 0.1) is 5.41 Å². The van der Waals surface area contributed by atoms with Gasteiger partial charge in [-0.1, -0.05) is 46.8 Å². The Labute approximate surface area is 137 Å². The molecule has 23 heavy (non-hydrogen) atoms. The van der Waals surface area contributed by atoms with E-state index >= 15 is 0 Å². The van der Waals surface area contributed by atoms with Crippen molar-refractivity contribution >= 4 is 17.7 Å². The fraction of sp³-hybridized carbons (Fsp3) is 0.500. The molecule has 1 amide bonds. The van der Waals surface area contributed by atoms with Crippen LogP contribution in [0.5, 0.6) is 0 Å². The second kappa shape index (κ2) is 7.40. The zero-order chi connectivity index (χ0) is 17.8. The average molecular weight is 319 g/mol. The smallest absolute Gasteiger partial charge is 0.326 e. The molecule has 0 saturated carbocycles. The molecule has 1 unspecified atom stereocenters. The molecular weight excluding hydrogens is 294 g/mol. The summed E-state index contributed by atoms with van der Waals surface area (Å²) in [5, 5.41) is 11.7. The number of rotatable bonds is 6. The van der Waals surface area contributed by atoms with Crippen molar-refractivity contribution in [1.82, 2.24) is 5.32 Å². The van der Waals surface area contributed by atoms with Crippen LogP contribution in [-0.2, 0) is 9.59 Å². The fourth-order valence-corrected chi connectivity index (χ4v) is 1.95. The highest BCUT2D eigenvalue weighted by atomic mass is 16.4. The zero-order valence-electron chi connectivity index (χ0n) is 14.3. The summed E-state index contributed by atoms with van der Waals surface area (Å²) >= 11 is 0. The topological polar surface area (TPSA) is 83.5 Å². The van der Waals surface area contributed by atoms with Gasteiger partial charge in [0.1, 0.15) is 11.8 Å². The van der Waals surface area contributed by atoms with Crippen molar-refractivity contribution < 1.29 is 19.5 Å². The van der Waals surface area contributed by atoms with Gasteiger partial charge in [-0.25, -0.2) is 4.79 Å². The molecule has 5 heteroatoms. The third kappa shape index (κ3) is 5.51. The lowest BCUT2D eigenvalue weighted by Gasteiger charge is -2.20. The lowest BCUT2D eigenvalue weighted by molar-refractivity contribution is -0.142. The maximum absolute atomic E-state index is 12.2. The number of aliphatic carboxylic acids is 1. The molecule has 0 bridgehead atoms. The fourth-order valence-electron chi connectivity index (χ4n) is 1.95. The van der Waals surface area contributed by atoms with Gasteiger partial charge < -0.3 is 10.4 Å². The highest BCUT2D eigenvalue weighted by Gasteiger charge is 2.29. The number of hydrogen-bond acceptors (Lipinski definition) is 3. The molecule has 0 saturated heterocycles. The van der Waals surface area contributed by atoms with Crippen molar-refractivity contribution in [2.75, 3.05) is 0 Å². The molecule has 0 radical (unpaired) electrons. The van der Waals surface area contributed by atoms with Gasteiger partial charge in [0.2, 0.25) is 0 Å². The van der Waals surface area contributed by atoms with Crippen molar-refractivity contribution in [2.24, 2.45) is 5.41 Å². The minimum absolute atomic E-state index is 0.208. The van der Waals surface area contributed by atoms with Gasteiger partial charge in [-0.2, -0.15) is 0 Å². The molecule has 1 rings (SSSR count). The van der Waals surface area contributed by atoms with Gasteiger partial charge in [-0.05, 0) is 23.6 Å². The molecule has 0 heterocycles. The van der Waals surface area contributed by atoms with E-state index in [-0.39, 0.29) is 12.2 Å². The predicted molar refractivity (Wildman–Crippen MR) is 88.5 cm³/mol. The second-order valence-corrected chi connectivity index (χ2v) is 7.02. The van der Waals surface area contributed by atoms with Crippen LogP contribution < -0.4 is 5.32 Å². The number of carbonyl (C=O) groups excluding carboxylic acids is 2. The number of carbonyl (C=O) groups is 3. The van der Waals surface area contributed by atoms with Crippen LogP contribution in [0.25, 0.3) is 0 Å². The Hall–Kier alpha value is -2.17. The standard InChI is InChI=1S/C18H25NO4/c1-11(2)12-6-8-13(9-7-12)16(21)19-14(17(22)23)10-15(20)18(3,4)5/h6-9,11,14H,10H2,1-5H3,(H,19,21)(H,22,23). The number of nitrogens with one attached hydrogen (secondary N) is 1. The van der Waals surface area contributed by atoms with Crippen LogP contribution >= 0.6 is 0 Å². The highest BCUT2D eigenvalue weighted by Crippen LogP contribution is 2.18. The molecule has 1 aromatic rings. The molecular formula is C18H25NO4. The first kappa shape index (κ1) is 18.9. The van der Waals surface area contributed by atoms with Crippen LogP contribution in [-0.4, -0.2) is 28.8 Å². The number of ketones is 1. The first-order valence-electron chi connectivity index (χ1n) is 7.69. The molecule has 0 aliphatic rings. The largest absolute Gasteiger partial charge is 0.480 e. The molecule has 5 nitrogen and oxygen atoms in total. The summed E-state index contributed by atoms with van der Waals surface area (Å²) in [7, 11) is 0. The Balaban J connectivity index is 2.82. The normalized spacial score (nSPS) is 12.8. The van der Waals surface area contributed by atoms with E-state index in [9.17, 15) is 19.5 Å². The van der Waals surface area contributed by atoms with E-state index in [1.54, 1.807) is 32.9 Å². The molecule has 1 aromatic carbocycles. The second-order valence-electron chi connectivity index (χ2n) is 7.02. The van der Waals surface area contributed by atoms with E-state index in [0.717, 1.165) is 5.56 Å². The van der Waals surface area contributed by atoms with Gasteiger partial charge in [0, 0.05) is 17.4 Å². The molecule has 0 aromatic heterocycles. The highest BCUT2D eigenvalue weighted by molar-refractivity contribution is 5.98. The van der Waals surface area contributed by atoms with Crippen LogP contribution in [0.4, 0.5) is 0 Å². The summed E-state index contributed by atoms with van der Waals surface area (Å²) in [6, 6.07) is 5.79. The van der Waals surface area contributed by atoms with Crippen LogP contribution in [0.3, 0.4) is 0 Å². The van der Waals surface area contributed by atoms with Gasteiger partial charge in [-0.15, -0.1) is 0 Å². The molecule has 2 N–H and O–H groups in total. The first-order chi connectivity index (χ1) is 10.5. The van der Waals surface area contributed by atoms with Crippen molar-refractivity contribution in [3.8, 4) is 0 Å². The predicted octanol–water partition coefficient (Wildman–Crippen LogP) is 3.00. The summed E-state index contributed by atoms with van der Waals surface area (Å²) in [6.45, 7) is 9.27. The van der Waals surface area contributed by atoms with Crippen LogP contribution in [0.15, 0.2) is 24.3 Å². The third-order valence-electron chi connectivity index (χ3n) is 3.67. The Morgan fingerprint density at radius 1 is 1.09 bits per heavy atom. The summed E-state index contributed by atoms with van der Waals surface area (Å²) in [5.74, 6) is -1.56. The summed E-state index contributed by atoms with van der Waals surface area (Å²) in [5.41, 5.74) is 0.834. The number of amides is 1. The van der Waals surface area contributed by atoms with E-state index in [4.69, 9.17) is 0 Å². The molecule has 0 aliphatic carbocycles. The number of Topliss-reactive ketones (excluding diaryl/α,β-unsaturated/α-hetero) is 1. The minimum Gasteiger partial charge on any atom is -0.480 e. The summed E-state index contributed by atoms with van der Waals surface area (Å²) in [4.78, 5) is 35.5. The quantitative estimate of drug-likeness (QED) is 0.844. The van der Waals surface area contributed by atoms with Gasteiger partial charge in [-0.3, -0.25) is 9.59 Å². The van der Waals surface area contributed by atoms with Crippen molar-refractivity contribution in [3.05, 3.63) is 35.4 Å². The monoisotopic (exact) mass is 319 g/mol. The van der Waals surface area contributed by atoms with Gasteiger partial charge >= 0.3 is 5.97 Å². The molecule has 0 fully saturated rings. The van der Waals surface area contributed by atoms with E-state index in [1.807, 2.05) is 26.0 Å². The summed E-state index contributed by atoms with van der Waals surface area (Å²) in [6.07, 6.45) is -0.228. The van der Waals surface area contributed by atoms with Crippen molar-refractivity contribution in [2.45, 2.75) is 53.0 Å². The SMILES string of the molecule is CC(C)c1ccc(C(=O)NC(CC(=O)C(C)(C)C)C(=O)O)cc1. The lowest BCUT2D eigenvalue weighted by atomic mass is 9.87. The minimum atomic E-state index is -1.22. The zero-order valence-corrected chi connectivity index (χ0v) is 14.3. The number of benzene rings is 1. The molecule has 0 spiro atoms.